The zero-order chi connectivity index (χ0) is 17.1. The fourth-order valence-corrected chi connectivity index (χ4v) is 4.73. The fraction of sp³-hybridized carbons (Fsp3) is 0.429. The minimum absolute atomic E-state index is 0.783. The first-order chi connectivity index (χ1) is 11.7. The maximum absolute atomic E-state index is 12.8. The van der Waals surface area contributed by atoms with Crippen molar-refractivity contribution in [2.45, 2.75) is 59.3 Å². The summed E-state index contributed by atoms with van der Waals surface area (Å²) >= 11 is 0. The molecule has 0 saturated heterocycles. The smallest absolute Gasteiger partial charge is 0.250 e. The molecule has 0 N–H and O–H groups in total. The van der Waals surface area contributed by atoms with Crippen LogP contribution in [0.25, 0.3) is 21.5 Å². The molecule has 1 atom stereocenters. The first-order valence-electron chi connectivity index (χ1n) is 9.12. The van der Waals surface area contributed by atoms with Crippen LogP contribution in [0.2, 0.25) is 0 Å². The fourth-order valence-electron chi connectivity index (χ4n) is 3.52. The Bertz CT molecular complexity index is 924. The van der Waals surface area contributed by atoms with Crippen molar-refractivity contribution in [1.82, 2.24) is 0 Å². The molecule has 0 spiro atoms. The molecule has 24 heavy (non-hydrogen) atoms. The third kappa shape index (κ3) is 3.26. The van der Waals surface area contributed by atoms with E-state index in [-0.39, 0.29) is 0 Å². The summed E-state index contributed by atoms with van der Waals surface area (Å²) in [4.78, 5) is 0. The van der Waals surface area contributed by atoms with Crippen molar-refractivity contribution >= 4 is 29.1 Å². The minimum Gasteiger partial charge on any atom is -0.250 e. The molecule has 3 aromatic rings. The van der Waals surface area contributed by atoms with Gasteiger partial charge in [-0.2, -0.15) is 0 Å². The van der Waals surface area contributed by atoms with Gasteiger partial charge in [0.1, 0.15) is 0 Å². The van der Waals surface area contributed by atoms with E-state index in [0.29, 0.717) is 0 Å². The van der Waals surface area contributed by atoms with Gasteiger partial charge in [0.05, 0.1) is 0 Å². The van der Waals surface area contributed by atoms with Crippen LogP contribution in [-0.2, 0) is 23.8 Å². The minimum atomic E-state index is -1.82. The molecular formula is C21H26O2P+. The molecule has 0 fully saturated rings. The van der Waals surface area contributed by atoms with Gasteiger partial charge in [0.15, 0.2) is 5.58 Å². The van der Waals surface area contributed by atoms with E-state index < -0.39 is 7.65 Å². The van der Waals surface area contributed by atoms with Crippen molar-refractivity contribution in [1.29, 1.82) is 0 Å². The van der Waals surface area contributed by atoms with Crippen LogP contribution >= 0.6 is 7.65 Å². The predicted molar refractivity (Wildman–Crippen MR) is 103 cm³/mol. The number of benzene rings is 2. The molecular weight excluding hydrogens is 315 g/mol. The van der Waals surface area contributed by atoms with Crippen LogP contribution in [0, 0.1) is 0 Å². The number of hydrogen-bond acceptors (Lipinski definition) is 2. The normalized spacial score (nSPS) is 12.2. The summed E-state index contributed by atoms with van der Waals surface area (Å²) in [5.74, 6) is 0. The highest BCUT2D eigenvalue weighted by Gasteiger charge is 2.21. The Morgan fingerprint density at radius 3 is 2.25 bits per heavy atom. The number of hydrogen-bond donors (Lipinski definition) is 0. The highest BCUT2D eigenvalue weighted by atomic mass is 31.1. The molecule has 2 nitrogen and oxygen atoms in total. The Kier molecular flexibility index (Phi) is 5.36. The topological polar surface area (TPSA) is 30.2 Å². The molecule has 0 amide bonds. The van der Waals surface area contributed by atoms with Gasteiger partial charge in [-0.3, -0.25) is 0 Å². The molecule has 1 unspecified atom stereocenters. The maximum Gasteiger partial charge on any atom is 0.598 e. The number of fused-ring (bicyclic) bond motifs is 3. The predicted octanol–water partition coefficient (Wildman–Crippen LogP) is 7.19. The van der Waals surface area contributed by atoms with E-state index in [1.165, 1.54) is 16.7 Å². The second-order valence-electron chi connectivity index (χ2n) is 6.58. The van der Waals surface area contributed by atoms with Crippen LogP contribution in [0.5, 0.6) is 0 Å². The summed E-state index contributed by atoms with van der Waals surface area (Å²) in [5.41, 5.74) is 4.57. The molecule has 0 bridgehead atoms. The molecule has 1 heterocycles. The molecule has 0 aliphatic rings. The van der Waals surface area contributed by atoms with Crippen molar-refractivity contribution in [3.05, 3.63) is 47.0 Å². The van der Waals surface area contributed by atoms with Crippen LogP contribution in [0.15, 0.2) is 34.5 Å². The molecule has 0 saturated carbocycles. The first kappa shape index (κ1) is 17.2. The Labute approximate surface area is 144 Å². The monoisotopic (exact) mass is 341 g/mol. The van der Waals surface area contributed by atoms with Crippen LogP contribution in [0.3, 0.4) is 0 Å². The van der Waals surface area contributed by atoms with Crippen molar-refractivity contribution in [2.24, 2.45) is 0 Å². The van der Waals surface area contributed by atoms with Gasteiger partial charge < -0.3 is 0 Å². The van der Waals surface area contributed by atoms with Crippen molar-refractivity contribution in [2.75, 3.05) is 0 Å². The van der Waals surface area contributed by atoms with E-state index in [0.717, 1.165) is 60.0 Å². The van der Waals surface area contributed by atoms with Gasteiger partial charge in [0.25, 0.3) is 0 Å². The van der Waals surface area contributed by atoms with E-state index in [1.54, 1.807) is 0 Å². The van der Waals surface area contributed by atoms with Gasteiger partial charge in [0, 0.05) is 16.3 Å². The zero-order valence-electron chi connectivity index (χ0n) is 14.9. The lowest BCUT2D eigenvalue weighted by Crippen LogP contribution is -1.92. The quantitative estimate of drug-likeness (QED) is 0.444. The van der Waals surface area contributed by atoms with E-state index in [2.05, 4.69) is 51.1 Å². The Hall–Kier alpha value is -1.66. The summed E-state index contributed by atoms with van der Waals surface area (Å²) in [5, 5.41) is 3.13. The molecule has 0 radical (unpaired) electrons. The average Bonchev–Trinajstić information content (AvgIpc) is 2.55. The SMILES string of the molecule is CCCc1ccc2c(c1)o[p+](=O)c1c(CCC)cc(CCC)cc21. The van der Waals surface area contributed by atoms with Crippen LogP contribution < -0.4 is 0 Å². The van der Waals surface area contributed by atoms with Crippen molar-refractivity contribution in [3.63, 3.8) is 0 Å². The van der Waals surface area contributed by atoms with Crippen molar-refractivity contribution in [3.8, 4) is 0 Å². The van der Waals surface area contributed by atoms with Gasteiger partial charge in [0.2, 0.25) is 5.12 Å². The zero-order valence-corrected chi connectivity index (χ0v) is 15.8. The molecule has 3 heteroatoms. The highest BCUT2D eigenvalue weighted by Crippen LogP contribution is 2.39. The third-order valence-corrected chi connectivity index (χ3v) is 5.80. The number of rotatable bonds is 6. The summed E-state index contributed by atoms with van der Waals surface area (Å²) < 4.78 is 18.6. The summed E-state index contributed by atoms with van der Waals surface area (Å²) in [7, 11) is -1.82. The van der Waals surface area contributed by atoms with E-state index in [4.69, 9.17) is 4.20 Å². The van der Waals surface area contributed by atoms with Gasteiger partial charge in [-0.25, -0.2) is 4.20 Å². The van der Waals surface area contributed by atoms with Gasteiger partial charge >= 0.3 is 7.65 Å². The largest absolute Gasteiger partial charge is 0.598 e. The van der Waals surface area contributed by atoms with Gasteiger partial charge in [-0.05, 0) is 53.2 Å². The van der Waals surface area contributed by atoms with Crippen LogP contribution in [-0.4, -0.2) is 0 Å². The molecule has 1 aromatic heterocycles. The standard InChI is InChI=1S/C21H26O2P/c1-4-7-15-10-11-18-19-13-16(8-5-2)12-17(9-6-3)21(19)24(22)23-20(18)14-15/h10-14H,4-9H2,1-3H3/q+1. The number of aryl methyl sites for hydroxylation is 3. The molecule has 2 aromatic carbocycles. The van der Waals surface area contributed by atoms with Crippen molar-refractivity contribution < 1.29 is 8.76 Å². The molecule has 3 rings (SSSR count). The lowest BCUT2D eigenvalue weighted by Gasteiger charge is -2.07. The summed E-state index contributed by atoms with van der Waals surface area (Å²) in [6.07, 6.45) is 6.31. The van der Waals surface area contributed by atoms with E-state index >= 15 is 0 Å². The Morgan fingerprint density at radius 1 is 0.833 bits per heavy atom. The maximum atomic E-state index is 12.8. The van der Waals surface area contributed by atoms with Crippen LogP contribution in [0.4, 0.5) is 0 Å². The lowest BCUT2D eigenvalue weighted by molar-refractivity contribution is 0.563. The molecule has 0 aliphatic heterocycles. The second kappa shape index (κ2) is 7.49. The van der Waals surface area contributed by atoms with Crippen LogP contribution in [0.1, 0.15) is 56.7 Å². The van der Waals surface area contributed by atoms with Gasteiger partial charge in [-0.1, -0.05) is 52.2 Å². The average molecular weight is 341 g/mol. The lowest BCUT2D eigenvalue weighted by atomic mass is 9.98. The van der Waals surface area contributed by atoms with E-state index in [1.807, 2.05) is 0 Å². The summed E-state index contributed by atoms with van der Waals surface area (Å²) in [6, 6.07) is 10.9. The highest BCUT2D eigenvalue weighted by molar-refractivity contribution is 7.37. The molecule has 126 valence electrons. The van der Waals surface area contributed by atoms with E-state index in [9.17, 15) is 4.57 Å². The third-order valence-electron chi connectivity index (χ3n) is 4.55. The molecule has 0 aliphatic carbocycles. The first-order valence-corrected chi connectivity index (χ1v) is 10.3. The Balaban J connectivity index is 2.34. The summed E-state index contributed by atoms with van der Waals surface area (Å²) in [6.45, 7) is 6.54. The second-order valence-corrected chi connectivity index (χ2v) is 7.72. The van der Waals surface area contributed by atoms with Gasteiger partial charge in [-0.15, -0.1) is 0 Å². The Morgan fingerprint density at radius 2 is 1.54 bits per heavy atom.